The van der Waals surface area contributed by atoms with E-state index in [1.165, 1.54) is 13.8 Å². The van der Waals surface area contributed by atoms with Crippen LogP contribution in [-0.4, -0.2) is 31.7 Å². The summed E-state index contributed by atoms with van der Waals surface area (Å²) in [4.78, 5) is 22.6. The number of aryl methyl sites for hydroxylation is 1. The van der Waals surface area contributed by atoms with Gasteiger partial charge in [0.05, 0.1) is 5.41 Å². The zero-order chi connectivity index (χ0) is 17.7. The first kappa shape index (κ1) is 17.6. The number of esters is 2. The number of benzene rings is 1. The van der Waals surface area contributed by atoms with Crippen molar-refractivity contribution < 1.29 is 23.8 Å². The van der Waals surface area contributed by atoms with Gasteiger partial charge in [-0.15, -0.1) is 0 Å². The van der Waals surface area contributed by atoms with Gasteiger partial charge < -0.3 is 19.5 Å². The first-order valence-corrected chi connectivity index (χ1v) is 7.60. The number of rotatable bonds is 6. The van der Waals surface area contributed by atoms with Crippen LogP contribution in [0.15, 0.2) is 12.1 Å². The first-order chi connectivity index (χ1) is 11.4. The Morgan fingerprint density at radius 3 is 2.75 bits per heavy atom. The topological polar surface area (TPSA) is 97.7 Å². The second-order valence-electron chi connectivity index (χ2n) is 5.82. The third kappa shape index (κ3) is 3.59. The molecule has 1 aliphatic rings. The first-order valence-electron chi connectivity index (χ1n) is 7.60. The van der Waals surface area contributed by atoms with E-state index in [1.807, 2.05) is 19.2 Å². The van der Waals surface area contributed by atoms with E-state index in [2.05, 4.69) is 5.32 Å². The minimum Gasteiger partial charge on any atom is -0.488 e. The maximum atomic E-state index is 11.3. The van der Waals surface area contributed by atoms with Gasteiger partial charge in [-0.2, -0.15) is 5.26 Å². The highest BCUT2D eigenvalue weighted by molar-refractivity contribution is 5.72. The van der Waals surface area contributed by atoms with E-state index in [4.69, 9.17) is 19.5 Å². The zero-order valence-electron chi connectivity index (χ0n) is 14.0. The number of hydrogen-bond donors (Lipinski definition) is 1. The minimum atomic E-state index is -0.592. The van der Waals surface area contributed by atoms with Crippen molar-refractivity contribution in [2.75, 3.05) is 19.8 Å². The Kier molecular flexibility index (Phi) is 5.29. The van der Waals surface area contributed by atoms with E-state index < -0.39 is 11.4 Å². The van der Waals surface area contributed by atoms with Crippen LogP contribution in [0.5, 0.6) is 11.5 Å². The van der Waals surface area contributed by atoms with Crippen LogP contribution in [0.3, 0.4) is 0 Å². The van der Waals surface area contributed by atoms with Crippen molar-refractivity contribution in [2.45, 2.75) is 32.6 Å². The molecule has 1 aliphatic heterocycles. The summed E-state index contributed by atoms with van der Waals surface area (Å²) in [7, 11) is 0. The van der Waals surface area contributed by atoms with Crippen molar-refractivity contribution in [3.8, 4) is 17.7 Å². The van der Waals surface area contributed by atoms with E-state index in [0.717, 1.165) is 11.1 Å². The third-order valence-corrected chi connectivity index (χ3v) is 3.97. The SMILES string of the molecule is CC(=O)OC[C@]1(CCNC#N)COc2c(OC(C)=O)ccc(C)c21. The second kappa shape index (κ2) is 7.21. The van der Waals surface area contributed by atoms with Gasteiger partial charge >= 0.3 is 11.9 Å². The molecule has 7 nitrogen and oxygen atoms in total. The van der Waals surface area contributed by atoms with E-state index in [0.29, 0.717) is 24.5 Å². The highest BCUT2D eigenvalue weighted by Crippen LogP contribution is 2.48. The Morgan fingerprint density at radius 1 is 1.38 bits per heavy atom. The fraction of sp³-hybridized carbons (Fsp3) is 0.471. The quantitative estimate of drug-likeness (QED) is 0.278. The van der Waals surface area contributed by atoms with Crippen LogP contribution >= 0.6 is 0 Å². The second-order valence-corrected chi connectivity index (χ2v) is 5.82. The summed E-state index contributed by atoms with van der Waals surface area (Å²) in [6.07, 6.45) is 2.41. The van der Waals surface area contributed by atoms with Crippen molar-refractivity contribution >= 4 is 11.9 Å². The Bertz CT molecular complexity index is 695. The number of carbonyl (C=O) groups excluding carboxylic acids is 2. The lowest BCUT2D eigenvalue weighted by molar-refractivity contribution is -0.143. The zero-order valence-corrected chi connectivity index (χ0v) is 14.0. The van der Waals surface area contributed by atoms with E-state index >= 15 is 0 Å². The van der Waals surface area contributed by atoms with Crippen LogP contribution in [0.1, 0.15) is 31.4 Å². The predicted molar refractivity (Wildman–Crippen MR) is 84.5 cm³/mol. The molecule has 1 N–H and O–H groups in total. The van der Waals surface area contributed by atoms with Gasteiger partial charge in [-0.1, -0.05) is 6.07 Å². The number of carbonyl (C=O) groups is 2. The number of nitrogens with one attached hydrogen (secondary N) is 1. The summed E-state index contributed by atoms with van der Waals surface area (Å²) in [5.41, 5.74) is 1.20. The molecule has 7 heteroatoms. The Hall–Kier alpha value is -2.75. The molecule has 2 rings (SSSR count). The number of hydrogen-bond acceptors (Lipinski definition) is 7. The maximum absolute atomic E-state index is 11.3. The smallest absolute Gasteiger partial charge is 0.308 e. The lowest BCUT2D eigenvalue weighted by atomic mass is 9.78. The summed E-state index contributed by atoms with van der Waals surface area (Å²) >= 11 is 0. The van der Waals surface area contributed by atoms with Gasteiger partial charge in [0, 0.05) is 26.0 Å². The number of ether oxygens (including phenoxy) is 3. The van der Waals surface area contributed by atoms with Crippen LogP contribution < -0.4 is 14.8 Å². The van der Waals surface area contributed by atoms with Crippen molar-refractivity contribution in [3.63, 3.8) is 0 Å². The largest absolute Gasteiger partial charge is 0.488 e. The normalized spacial score (nSPS) is 18.1. The summed E-state index contributed by atoms with van der Waals surface area (Å²) in [6, 6.07) is 3.52. The summed E-state index contributed by atoms with van der Waals surface area (Å²) < 4.78 is 16.3. The van der Waals surface area contributed by atoms with Crippen molar-refractivity contribution in [2.24, 2.45) is 0 Å². The van der Waals surface area contributed by atoms with Crippen molar-refractivity contribution in [1.82, 2.24) is 5.32 Å². The highest BCUT2D eigenvalue weighted by atomic mass is 16.6. The van der Waals surface area contributed by atoms with Gasteiger partial charge in [0.2, 0.25) is 0 Å². The molecule has 0 bridgehead atoms. The molecule has 0 saturated carbocycles. The minimum absolute atomic E-state index is 0.132. The molecular formula is C17H20N2O5. The van der Waals surface area contributed by atoms with Crippen LogP contribution in [0, 0.1) is 18.4 Å². The van der Waals surface area contributed by atoms with Crippen LogP contribution in [0.25, 0.3) is 0 Å². The average molecular weight is 332 g/mol. The molecule has 1 aromatic rings. The fourth-order valence-electron chi connectivity index (χ4n) is 2.96. The molecule has 0 amide bonds. The molecule has 0 fully saturated rings. The van der Waals surface area contributed by atoms with Crippen molar-refractivity contribution in [1.29, 1.82) is 5.26 Å². The van der Waals surface area contributed by atoms with E-state index in [9.17, 15) is 9.59 Å². The Balaban J connectivity index is 2.43. The lowest BCUT2D eigenvalue weighted by Crippen LogP contribution is -2.37. The standard InChI is InChI=1S/C17H20N2O5/c1-11-4-5-14(24-13(3)21)16-15(11)17(9-23-16,6-7-19-10-18)8-22-12(2)20/h4-5,19H,6-9H2,1-3H3/t17-/m1/s1. The molecular weight excluding hydrogens is 312 g/mol. The van der Waals surface area contributed by atoms with Gasteiger partial charge in [0.25, 0.3) is 0 Å². The third-order valence-electron chi connectivity index (χ3n) is 3.97. The van der Waals surface area contributed by atoms with Crippen LogP contribution in [0.2, 0.25) is 0 Å². The summed E-state index contributed by atoms with van der Waals surface area (Å²) in [5, 5.41) is 11.3. The predicted octanol–water partition coefficient (Wildman–Crippen LogP) is 1.57. The number of nitriles is 1. The molecule has 0 radical (unpaired) electrons. The Labute approximate surface area is 140 Å². The fourth-order valence-corrected chi connectivity index (χ4v) is 2.96. The average Bonchev–Trinajstić information content (AvgIpc) is 2.89. The van der Waals surface area contributed by atoms with Gasteiger partial charge in [-0.3, -0.25) is 9.59 Å². The van der Waals surface area contributed by atoms with Crippen molar-refractivity contribution in [3.05, 3.63) is 23.3 Å². The van der Waals surface area contributed by atoms with Gasteiger partial charge in [0.1, 0.15) is 13.2 Å². The summed E-state index contributed by atoms with van der Waals surface area (Å²) in [6.45, 7) is 5.42. The molecule has 1 aromatic carbocycles. The molecule has 1 atom stereocenters. The van der Waals surface area contributed by atoms with E-state index in [1.54, 1.807) is 6.07 Å². The van der Waals surface area contributed by atoms with Gasteiger partial charge in [-0.25, -0.2) is 0 Å². The molecule has 0 saturated heterocycles. The molecule has 0 spiro atoms. The number of fused-ring (bicyclic) bond motifs is 1. The maximum Gasteiger partial charge on any atom is 0.308 e. The lowest BCUT2D eigenvalue weighted by Gasteiger charge is -2.28. The molecule has 128 valence electrons. The molecule has 0 aliphatic carbocycles. The molecule has 0 aromatic heterocycles. The molecule has 1 heterocycles. The molecule has 24 heavy (non-hydrogen) atoms. The van der Waals surface area contributed by atoms with Gasteiger partial charge in [-0.05, 0) is 25.0 Å². The summed E-state index contributed by atoms with van der Waals surface area (Å²) in [5.74, 6) is 0.0218. The Morgan fingerprint density at radius 2 is 2.12 bits per heavy atom. The number of nitrogens with zero attached hydrogens (tertiary/aromatic N) is 1. The van der Waals surface area contributed by atoms with Crippen LogP contribution in [-0.2, 0) is 19.7 Å². The van der Waals surface area contributed by atoms with E-state index in [-0.39, 0.29) is 19.2 Å². The highest BCUT2D eigenvalue weighted by Gasteiger charge is 2.44. The molecule has 0 unspecified atom stereocenters. The van der Waals surface area contributed by atoms with Gasteiger partial charge in [0.15, 0.2) is 17.7 Å². The monoisotopic (exact) mass is 332 g/mol. The van der Waals surface area contributed by atoms with Crippen LogP contribution in [0.4, 0.5) is 0 Å².